The van der Waals surface area contributed by atoms with Gasteiger partial charge in [-0.25, -0.2) is 4.98 Å². The van der Waals surface area contributed by atoms with Gasteiger partial charge in [-0.15, -0.1) is 11.3 Å². The van der Waals surface area contributed by atoms with Crippen molar-refractivity contribution in [1.29, 1.82) is 0 Å². The summed E-state index contributed by atoms with van der Waals surface area (Å²) in [5.74, 6) is 0.826. The molecule has 3 aromatic rings. The van der Waals surface area contributed by atoms with Crippen LogP contribution in [0.5, 0.6) is 5.75 Å². The normalized spacial score (nSPS) is 10.8. The summed E-state index contributed by atoms with van der Waals surface area (Å²) in [6.45, 7) is 0. The van der Waals surface area contributed by atoms with Gasteiger partial charge in [-0.2, -0.15) is 5.10 Å². The average Bonchev–Trinajstić information content (AvgIpc) is 3.06. The molecule has 1 aromatic heterocycles. The summed E-state index contributed by atoms with van der Waals surface area (Å²) in [4.78, 5) is 4.51. The van der Waals surface area contributed by atoms with Gasteiger partial charge >= 0.3 is 0 Å². The minimum Gasteiger partial charge on any atom is -0.497 e. The van der Waals surface area contributed by atoms with Gasteiger partial charge in [-0.05, 0) is 30.3 Å². The van der Waals surface area contributed by atoms with Gasteiger partial charge in [-0.1, -0.05) is 18.2 Å². The van der Waals surface area contributed by atoms with Crippen LogP contribution in [0, 0.1) is 0 Å². The number of nitrogen functional groups attached to an aromatic ring is 1. The van der Waals surface area contributed by atoms with Crippen LogP contribution in [0.4, 0.5) is 10.8 Å². The van der Waals surface area contributed by atoms with E-state index in [1.807, 2.05) is 53.9 Å². The van der Waals surface area contributed by atoms with Crippen LogP contribution in [0.1, 0.15) is 5.56 Å². The first-order valence-electron chi connectivity index (χ1n) is 7.00. The second-order valence-electron chi connectivity index (χ2n) is 4.77. The number of thiazole rings is 1. The molecule has 0 saturated carbocycles. The molecule has 6 heteroatoms. The maximum atomic E-state index is 5.86. The number of para-hydroxylation sites is 1. The number of hydrogen-bond donors (Lipinski definition) is 2. The third kappa shape index (κ3) is 3.67. The van der Waals surface area contributed by atoms with Crippen LogP contribution in [0.25, 0.3) is 11.3 Å². The van der Waals surface area contributed by atoms with Gasteiger partial charge in [0.2, 0.25) is 5.13 Å². The zero-order chi connectivity index (χ0) is 16.1. The summed E-state index contributed by atoms with van der Waals surface area (Å²) in [5, 5.41) is 6.89. The third-order valence-electron chi connectivity index (χ3n) is 3.25. The number of rotatable bonds is 5. The maximum absolute atomic E-state index is 5.86. The van der Waals surface area contributed by atoms with E-state index in [4.69, 9.17) is 10.5 Å². The van der Waals surface area contributed by atoms with Crippen molar-refractivity contribution >= 4 is 28.4 Å². The number of nitrogens with two attached hydrogens (primary N) is 1. The molecule has 3 N–H and O–H groups in total. The first-order chi connectivity index (χ1) is 11.3. The van der Waals surface area contributed by atoms with Gasteiger partial charge in [0.15, 0.2) is 0 Å². The zero-order valence-electron chi connectivity index (χ0n) is 12.6. The van der Waals surface area contributed by atoms with Gasteiger partial charge in [0.1, 0.15) is 5.75 Å². The lowest BCUT2D eigenvalue weighted by atomic mass is 10.2. The number of methoxy groups -OCH3 is 1. The molecule has 0 aliphatic heterocycles. The Morgan fingerprint density at radius 1 is 1.17 bits per heavy atom. The van der Waals surface area contributed by atoms with E-state index < -0.39 is 0 Å². The van der Waals surface area contributed by atoms with Crippen LogP contribution in [-0.4, -0.2) is 18.3 Å². The summed E-state index contributed by atoms with van der Waals surface area (Å²) >= 11 is 1.50. The van der Waals surface area contributed by atoms with Crippen LogP contribution in [0.15, 0.2) is 59.0 Å². The molecule has 0 unspecified atom stereocenters. The summed E-state index contributed by atoms with van der Waals surface area (Å²) in [5.41, 5.74) is 12.3. The van der Waals surface area contributed by atoms with Crippen molar-refractivity contribution in [2.45, 2.75) is 0 Å². The Bertz CT molecular complexity index is 811. The summed E-state index contributed by atoms with van der Waals surface area (Å²) in [6.07, 6.45) is 1.68. The van der Waals surface area contributed by atoms with E-state index in [-0.39, 0.29) is 0 Å². The highest BCUT2D eigenvalue weighted by atomic mass is 32.1. The standard InChI is InChI=1S/C17H16N4OS/c1-22-14-8-6-12(7-9-14)16-11-23-17(20-16)21-19-10-13-4-2-3-5-15(13)18/h2-11H,18H2,1H3,(H,20,21). The summed E-state index contributed by atoms with van der Waals surface area (Å²) in [6, 6.07) is 15.3. The van der Waals surface area contributed by atoms with Crippen LogP contribution in [-0.2, 0) is 0 Å². The molecule has 0 aliphatic rings. The van der Waals surface area contributed by atoms with Crippen molar-refractivity contribution in [3.63, 3.8) is 0 Å². The molecule has 0 aliphatic carbocycles. The molecule has 0 amide bonds. The van der Waals surface area contributed by atoms with Crippen LogP contribution in [0.3, 0.4) is 0 Å². The predicted molar refractivity (Wildman–Crippen MR) is 96.2 cm³/mol. The first kappa shape index (κ1) is 15.1. The molecule has 116 valence electrons. The van der Waals surface area contributed by atoms with Gasteiger partial charge < -0.3 is 10.5 Å². The summed E-state index contributed by atoms with van der Waals surface area (Å²) < 4.78 is 5.16. The lowest BCUT2D eigenvalue weighted by Gasteiger charge is -2.00. The molecule has 0 saturated heterocycles. The molecule has 3 rings (SSSR count). The van der Waals surface area contributed by atoms with E-state index in [9.17, 15) is 0 Å². The second-order valence-corrected chi connectivity index (χ2v) is 5.62. The molecule has 0 spiro atoms. The topological polar surface area (TPSA) is 72.5 Å². The molecular weight excluding hydrogens is 308 g/mol. The minimum atomic E-state index is 0.691. The number of aromatic nitrogens is 1. The van der Waals surface area contributed by atoms with Crippen LogP contribution in [0.2, 0.25) is 0 Å². The quantitative estimate of drug-likeness (QED) is 0.425. The number of anilines is 2. The first-order valence-corrected chi connectivity index (χ1v) is 7.88. The minimum absolute atomic E-state index is 0.691. The lowest BCUT2D eigenvalue weighted by Crippen LogP contribution is -1.94. The number of benzene rings is 2. The fraction of sp³-hybridized carbons (Fsp3) is 0.0588. The lowest BCUT2D eigenvalue weighted by molar-refractivity contribution is 0.415. The van der Waals surface area contributed by atoms with E-state index in [2.05, 4.69) is 15.5 Å². The number of hydrazone groups is 1. The van der Waals surface area contributed by atoms with E-state index in [1.165, 1.54) is 11.3 Å². The molecule has 1 heterocycles. The highest BCUT2D eigenvalue weighted by Gasteiger charge is 2.04. The Hall–Kier alpha value is -2.86. The molecule has 2 aromatic carbocycles. The largest absolute Gasteiger partial charge is 0.497 e. The van der Waals surface area contributed by atoms with Crippen LogP contribution < -0.4 is 15.9 Å². The maximum Gasteiger partial charge on any atom is 0.203 e. The van der Waals surface area contributed by atoms with Gasteiger partial charge in [0, 0.05) is 22.2 Å². The van der Waals surface area contributed by atoms with Gasteiger partial charge in [-0.3, -0.25) is 5.43 Å². The van der Waals surface area contributed by atoms with Crippen molar-refractivity contribution in [3.8, 4) is 17.0 Å². The number of ether oxygens (including phenoxy) is 1. The molecule has 0 bridgehead atoms. The molecule has 5 nitrogen and oxygen atoms in total. The van der Waals surface area contributed by atoms with Crippen LogP contribution >= 0.6 is 11.3 Å². The smallest absolute Gasteiger partial charge is 0.203 e. The summed E-state index contributed by atoms with van der Waals surface area (Å²) in [7, 11) is 1.65. The van der Waals surface area contributed by atoms with Crippen molar-refractivity contribution in [2.75, 3.05) is 18.3 Å². The van der Waals surface area contributed by atoms with E-state index in [0.717, 1.165) is 27.7 Å². The molecule has 0 radical (unpaired) electrons. The predicted octanol–water partition coefficient (Wildman–Crippen LogP) is 3.85. The van der Waals surface area contributed by atoms with E-state index in [1.54, 1.807) is 13.3 Å². The van der Waals surface area contributed by atoms with Gasteiger partial charge in [0.25, 0.3) is 0 Å². The zero-order valence-corrected chi connectivity index (χ0v) is 13.4. The fourth-order valence-corrected chi connectivity index (χ4v) is 2.67. The Balaban J connectivity index is 1.68. The number of nitrogens with one attached hydrogen (secondary N) is 1. The molecule has 23 heavy (non-hydrogen) atoms. The van der Waals surface area contributed by atoms with Gasteiger partial charge in [0.05, 0.1) is 19.0 Å². The fourth-order valence-electron chi connectivity index (χ4n) is 2.00. The van der Waals surface area contributed by atoms with Crippen molar-refractivity contribution in [2.24, 2.45) is 5.10 Å². The molecule has 0 atom stereocenters. The Morgan fingerprint density at radius 3 is 2.70 bits per heavy atom. The third-order valence-corrected chi connectivity index (χ3v) is 4.00. The van der Waals surface area contributed by atoms with Crippen molar-refractivity contribution in [1.82, 2.24) is 4.98 Å². The average molecular weight is 324 g/mol. The monoisotopic (exact) mass is 324 g/mol. The molecular formula is C17H16N4OS. The highest BCUT2D eigenvalue weighted by Crippen LogP contribution is 2.26. The molecule has 0 fully saturated rings. The number of nitrogens with zero attached hydrogens (tertiary/aromatic N) is 2. The SMILES string of the molecule is COc1ccc(-c2csc(NN=Cc3ccccc3N)n2)cc1. The Morgan fingerprint density at radius 2 is 1.96 bits per heavy atom. The van der Waals surface area contributed by atoms with E-state index in [0.29, 0.717) is 5.69 Å². The van der Waals surface area contributed by atoms with Crippen molar-refractivity contribution < 1.29 is 4.74 Å². The Labute approximate surface area is 138 Å². The second kappa shape index (κ2) is 6.93. The van der Waals surface area contributed by atoms with E-state index >= 15 is 0 Å². The van der Waals surface area contributed by atoms with Crippen molar-refractivity contribution in [3.05, 3.63) is 59.5 Å². The highest BCUT2D eigenvalue weighted by molar-refractivity contribution is 7.14. The number of hydrogen-bond acceptors (Lipinski definition) is 6. The Kier molecular flexibility index (Phi) is 4.54.